The number of rotatable bonds is 4. The zero-order chi connectivity index (χ0) is 12.5. The van der Waals surface area contributed by atoms with E-state index in [1.165, 1.54) is 0 Å². The van der Waals surface area contributed by atoms with Crippen molar-refractivity contribution in [3.05, 3.63) is 34.9 Å². The van der Waals surface area contributed by atoms with Gasteiger partial charge in [-0.1, -0.05) is 30.2 Å². The fourth-order valence-corrected chi connectivity index (χ4v) is 2.87. The molecule has 0 radical (unpaired) electrons. The number of nitrogens with two attached hydrogens (primary N) is 1. The topological polar surface area (TPSA) is 63.3 Å². The summed E-state index contributed by atoms with van der Waals surface area (Å²) < 4.78 is 0. The minimum Gasteiger partial charge on any atom is -0.481 e. The van der Waals surface area contributed by atoms with Crippen molar-refractivity contribution < 1.29 is 9.90 Å². The van der Waals surface area contributed by atoms with E-state index in [1.807, 2.05) is 18.2 Å². The number of carboxylic acid groups (broad SMARTS) is 1. The summed E-state index contributed by atoms with van der Waals surface area (Å²) >= 11 is 5.95. The number of carboxylic acids is 1. The number of carbonyl (C=O) groups is 1. The summed E-state index contributed by atoms with van der Waals surface area (Å²) in [6.07, 6.45) is 2.37. The first kappa shape index (κ1) is 12.4. The monoisotopic (exact) mass is 253 g/mol. The maximum atomic E-state index is 11.5. The summed E-state index contributed by atoms with van der Waals surface area (Å²) in [5.74, 6) is -0.883. The largest absolute Gasteiger partial charge is 0.481 e. The Labute approximate surface area is 106 Å². The van der Waals surface area contributed by atoms with Crippen molar-refractivity contribution in [2.45, 2.75) is 25.2 Å². The second-order valence-electron chi connectivity index (χ2n) is 4.66. The van der Waals surface area contributed by atoms with Gasteiger partial charge in [0.05, 0.1) is 5.41 Å². The van der Waals surface area contributed by atoms with Gasteiger partial charge in [-0.15, -0.1) is 0 Å². The summed E-state index contributed by atoms with van der Waals surface area (Å²) in [6, 6.07) is 7.36. The lowest BCUT2D eigenvalue weighted by Gasteiger charge is -2.44. The van der Waals surface area contributed by atoms with Crippen LogP contribution in [0.2, 0.25) is 5.02 Å². The van der Waals surface area contributed by atoms with E-state index in [0.29, 0.717) is 24.4 Å². The molecule has 3 nitrogen and oxygen atoms in total. The third-order valence-electron chi connectivity index (χ3n) is 3.83. The van der Waals surface area contributed by atoms with E-state index in [4.69, 9.17) is 17.3 Å². The van der Waals surface area contributed by atoms with Crippen molar-refractivity contribution >= 4 is 17.6 Å². The summed E-state index contributed by atoms with van der Waals surface area (Å²) in [5, 5.41) is 10.1. The van der Waals surface area contributed by atoms with Crippen LogP contribution in [0, 0.1) is 5.41 Å². The van der Waals surface area contributed by atoms with E-state index in [2.05, 4.69) is 0 Å². The number of hydrogen-bond acceptors (Lipinski definition) is 2. The molecule has 0 saturated heterocycles. The van der Waals surface area contributed by atoms with Crippen molar-refractivity contribution in [3.63, 3.8) is 0 Å². The summed E-state index contributed by atoms with van der Waals surface area (Å²) in [6.45, 7) is 0.340. The second kappa shape index (κ2) is 4.67. The normalized spacial score (nSPS) is 19.4. The maximum Gasteiger partial charge on any atom is 0.310 e. The van der Waals surface area contributed by atoms with Crippen LogP contribution in [-0.4, -0.2) is 17.6 Å². The Balaban J connectivity index is 2.36. The number of benzene rings is 1. The zero-order valence-corrected chi connectivity index (χ0v) is 10.3. The molecule has 1 aromatic rings. The molecule has 1 aromatic carbocycles. The minimum absolute atomic E-state index is 0.146. The van der Waals surface area contributed by atoms with Gasteiger partial charge in [0.25, 0.3) is 0 Å². The van der Waals surface area contributed by atoms with Crippen molar-refractivity contribution in [2.75, 3.05) is 6.54 Å². The predicted octanol–water partition coefficient (Wildman–Crippen LogP) is 2.64. The highest BCUT2D eigenvalue weighted by Gasteiger charge is 2.50. The summed E-state index contributed by atoms with van der Waals surface area (Å²) in [4.78, 5) is 11.5. The molecule has 0 unspecified atom stereocenters. The van der Waals surface area contributed by atoms with Gasteiger partial charge in [-0.25, -0.2) is 0 Å². The van der Waals surface area contributed by atoms with Gasteiger partial charge in [0.1, 0.15) is 0 Å². The van der Waals surface area contributed by atoms with E-state index in [1.54, 1.807) is 6.07 Å². The highest BCUT2D eigenvalue weighted by molar-refractivity contribution is 6.30. The van der Waals surface area contributed by atoms with Crippen LogP contribution in [0.5, 0.6) is 0 Å². The van der Waals surface area contributed by atoms with Gasteiger partial charge in [0, 0.05) is 17.5 Å². The van der Waals surface area contributed by atoms with Crippen LogP contribution < -0.4 is 5.73 Å². The molecule has 0 amide bonds. The van der Waals surface area contributed by atoms with Gasteiger partial charge < -0.3 is 10.8 Å². The molecule has 0 heterocycles. The van der Waals surface area contributed by atoms with Gasteiger partial charge >= 0.3 is 5.97 Å². The van der Waals surface area contributed by atoms with Crippen LogP contribution in [0.25, 0.3) is 0 Å². The van der Waals surface area contributed by atoms with Crippen LogP contribution >= 0.6 is 11.6 Å². The lowest BCUT2D eigenvalue weighted by molar-refractivity contribution is -0.156. The molecule has 0 spiro atoms. The lowest BCUT2D eigenvalue weighted by atomic mass is 9.59. The molecule has 17 heavy (non-hydrogen) atoms. The summed E-state index contributed by atoms with van der Waals surface area (Å²) in [5.41, 5.74) is 6.03. The van der Waals surface area contributed by atoms with Gasteiger partial charge in [-0.3, -0.25) is 4.79 Å². The number of aliphatic carboxylic acids is 1. The van der Waals surface area contributed by atoms with Gasteiger partial charge in [0.15, 0.2) is 0 Å². The molecule has 2 rings (SSSR count). The maximum absolute atomic E-state index is 11.5. The SMILES string of the molecule is NC[C@@H](c1cccc(Cl)c1)C1(C(=O)O)CCC1. The van der Waals surface area contributed by atoms with Crippen LogP contribution in [0.4, 0.5) is 0 Å². The molecular formula is C13H16ClNO2. The van der Waals surface area contributed by atoms with Crippen LogP contribution in [0.15, 0.2) is 24.3 Å². The Bertz CT molecular complexity index is 429. The standard InChI is InChI=1S/C13H16ClNO2/c14-10-4-1-3-9(7-10)11(8-15)13(12(16)17)5-2-6-13/h1,3-4,7,11H,2,5-6,8,15H2,(H,16,17)/t11-/m0/s1. The molecule has 0 aromatic heterocycles. The molecule has 1 atom stereocenters. The third-order valence-corrected chi connectivity index (χ3v) is 4.06. The number of halogens is 1. The van der Waals surface area contributed by atoms with Gasteiger partial charge in [-0.05, 0) is 30.5 Å². The third kappa shape index (κ3) is 2.05. The fourth-order valence-electron chi connectivity index (χ4n) is 2.67. The lowest BCUT2D eigenvalue weighted by Crippen LogP contribution is -2.45. The number of hydrogen-bond donors (Lipinski definition) is 2. The molecule has 4 heteroatoms. The molecule has 92 valence electrons. The van der Waals surface area contributed by atoms with E-state index >= 15 is 0 Å². The van der Waals surface area contributed by atoms with Gasteiger partial charge in [0.2, 0.25) is 0 Å². The molecule has 1 saturated carbocycles. The van der Waals surface area contributed by atoms with E-state index in [0.717, 1.165) is 12.0 Å². The smallest absolute Gasteiger partial charge is 0.310 e. The van der Waals surface area contributed by atoms with E-state index in [-0.39, 0.29) is 5.92 Å². The van der Waals surface area contributed by atoms with Crippen molar-refractivity contribution in [1.29, 1.82) is 0 Å². The fraction of sp³-hybridized carbons (Fsp3) is 0.462. The Morgan fingerprint density at radius 3 is 2.65 bits per heavy atom. The Morgan fingerprint density at radius 1 is 1.53 bits per heavy atom. The molecule has 0 bridgehead atoms. The van der Waals surface area contributed by atoms with Crippen molar-refractivity contribution in [2.24, 2.45) is 11.1 Å². The highest BCUT2D eigenvalue weighted by Crippen LogP contribution is 2.51. The zero-order valence-electron chi connectivity index (χ0n) is 9.53. The average molecular weight is 254 g/mol. The highest BCUT2D eigenvalue weighted by atomic mass is 35.5. The minimum atomic E-state index is -0.737. The quantitative estimate of drug-likeness (QED) is 0.867. The van der Waals surface area contributed by atoms with Crippen LogP contribution in [0.3, 0.4) is 0 Å². The van der Waals surface area contributed by atoms with E-state index in [9.17, 15) is 9.90 Å². The van der Waals surface area contributed by atoms with Crippen molar-refractivity contribution in [1.82, 2.24) is 0 Å². The van der Waals surface area contributed by atoms with E-state index < -0.39 is 11.4 Å². The Morgan fingerprint density at radius 2 is 2.24 bits per heavy atom. The molecule has 0 aliphatic heterocycles. The predicted molar refractivity (Wildman–Crippen MR) is 67.2 cm³/mol. The second-order valence-corrected chi connectivity index (χ2v) is 5.09. The van der Waals surface area contributed by atoms with Crippen LogP contribution in [-0.2, 0) is 4.79 Å². The first-order chi connectivity index (χ1) is 8.10. The Hall–Kier alpha value is -1.06. The molecule has 1 fully saturated rings. The molecule has 1 aliphatic rings. The Kier molecular flexibility index (Phi) is 3.40. The molecular weight excluding hydrogens is 238 g/mol. The summed E-state index contributed by atoms with van der Waals surface area (Å²) in [7, 11) is 0. The van der Waals surface area contributed by atoms with Crippen molar-refractivity contribution in [3.8, 4) is 0 Å². The molecule has 1 aliphatic carbocycles. The first-order valence-corrected chi connectivity index (χ1v) is 6.17. The first-order valence-electron chi connectivity index (χ1n) is 5.79. The van der Waals surface area contributed by atoms with Crippen LogP contribution in [0.1, 0.15) is 30.7 Å². The average Bonchev–Trinajstić information content (AvgIpc) is 2.22. The molecule has 3 N–H and O–H groups in total. The van der Waals surface area contributed by atoms with Gasteiger partial charge in [-0.2, -0.15) is 0 Å².